The fourth-order valence-electron chi connectivity index (χ4n) is 1.45. The minimum atomic E-state index is -0.786. The number of rotatable bonds is 8. The monoisotopic (exact) mass is 296 g/mol. The number of hydrogen-bond donors (Lipinski definition) is 2. The molecule has 2 N–H and O–H groups in total. The maximum atomic E-state index is 10.1. The van der Waals surface area contributed by atoms with E-state index in [1.807, 2.05) is 27.7 Å². The number of aliphatic carboxylic acids is 1. The van der Waals surface area contributed by atoms with E-state index >= 15 is 0 Å². The first-order chi connectivity index (χ1) is 9.60. The van der Waals surface area contributed by atoms with Crippen LogP contribution in [0.4, 0.5) is 0 Å². The summed E-state index contributed by atoms with van der Waals surface area (Å²) < 4.78 is 0. The van der Waals surface area contributed by atoms with E-state index < -0.39 is 11.5 Å². The van der Waals surface area contributed by atoms with Crippen LogP contribution in [0.25, 0.3) is 9.69 Å². The highest BCUT2D eigenvalue weighted by Gasteiger charge is 2.22. The summed E-state index contributed by atoms with van der Waals surface area (Å²) in [5.41, 5.74) is -0.620. The first-order valence-corrected chi connectivity index (χ1v) is 7.20. The van der Waals surface area contributed by atoms with Crippen molar-refractivity contribution in [2.45, 2.75) is 77.3 Å². The Balaban J connectivity index is 0. The molecule has 0 atom stereocenters. The second-order valence-corrected chi connectivity index (χ2v) is 6.28. The lowest BCUT2D eigenvalue weighted by atomic mass is 9.99. The maximum absolute atomic E-state index is 10.1. The van der Waals surface area contributed by atoms with Crippen molar-refractivity contribution in [2.24, 2.45) is 0 Å². The zero-order chi connectivity index (χ0) is 16.9. The van der Waals surface area contributed by atoms with E-state index in [1.165, 1.54) is 0 Å². The van der Waals surface area contributed by atoms with E-state index in [4.69, 9.17) is 23.4 Å². The Hall–Kier alpha value is -1.59. The summed E-state index contributed by atoms with van der Waals surface area (Å²) >= 11 is 0. The molecule has 0 aliphatic heterocycles. The third-order valence-electron chi connectivity index (χ3n) is 2.98. The normalized spacial score (nSPS) is 10.8. The number of nitrogens with zero attached hydrogens (tertiary/aromatic N) is 2. The van der Waals surface area contributed by atoms with Crippen molar-refractivity contribution in [2.75, 3.05) is 6.61 Å². The van der Waals surface area contributed by atoms with Gasteiger partial charge in [0.1, 0.15) is 0 Å². The third-order valence-corrected chi connectivity index (χ3v) is 2.98. The molecule has 0 aromatic heterocycles. The molecule has 0 aliphatic rings. The van der Waals surface area contributed by atoms with Gasteiger partial charge in [0.25, 0.3) is 0 Å². The highest BCUT2D eigenvalue weighted by atomic mass is 16.4. The molecule has 0 radical (unpaired) electrons. The van der Waals surface area contributed by atoms with Crippen molar-refractivity contribution in [3.05, 3.63) is 22.8 Å². The molecular formula is C16H28N2O3. The maximum Gasteiger partial charge on any atom is 0.303 e. The van der Waals surface area contributed by atoms with Crippen molar-refractivity contribution in [1.82, 2.24) is 0 Å². The minimum absolute atomic E-state index is 0.166. The summed E-state index contributed by atoms with van der Waals surface area (Å²) in [6, 6.07) is 0. The van der Waals surface area contributed by atoms with Crippen LogP contribution in [0.1, 0.15) is 66.2 Å². The molecule has 0 fully saturated rings. The van der Waals surface area contributed by atoms with Crippen LogP contribution in [0.3, 0.4) is 0 Å². The van der Waals surface area contributed by atoms with Crippen molar-refractivity contribution in [3.63, 3.8) is 0 Å². The van der Waals surface area contributed by atoms with Gasteiger partial charge < -0.3 is 19.9 Å². The second-order valence-electron chi connectivity index (χ2n) is 6.28. The smallest absolute Gasteiger partial charge is 0.303 e. The van der Waals surface area contributed by atoms with E-state index in [9.17, 15) is 4.79 Å². The fraction of sp³-hybridized carbons (Fsp3) is 0.812. The molecule has 120 valence electrons. The molecule has 0 aromatic carbocycles. The molecule has 21 heavy (non-hydrogen) atoms. The SMILES string of the molecule is [C-]#[N+]C(C)(C)CCCC(=O)O.[C-]#[N+]C(C)(C)CCCCO. The van der Waals surface area contributed by atoms with Crippen LogP contribution in [0, 0.1) is 13.1 Å². The molecule has 5 nitrogen and oxygen atoms in total. The molecule has 0 saturated carbocycles. The first-order valence-electron chi connectivity index (χ1n) is 7.20. The molecular weight excluding hydrogens is 268 g/mol. The van der Waals surface area contributed by atoms with Gasteiger partial charge in [-0.05, 0) is 19.3 Å². The van der Waals surface area contributed by atoms with E-state index in [-0.39, 0.29) is 18.6 Å². The zero-order valence-corrected chi connectivity index (χ0v) is 13.6. The lowest BCUT2D eigenvalue weighted by molar-refractivity contribution is -0.137. The van der Waals surface area contributed by atoms with E-state index in [2.05, 4.69) is 9.69 Å². The summed E-state index contributed by atoms with van der Waals surface area (Å²) in [6.45, 7) is 21.3. The van der Waals surface area contributed by atoms with Gasteiger partial charge in [0.2, 0.25) is 11.1 Å². The number of aliphatic hydroxyl groups is 1. The fourth-order valence-corrected chi connectivity index (χ4v) is 1.45. The van der Waals surface area contributed by atoms with Gasteiger partial charge in [-0.1, -0.05) is 0 Å². The van der Waals surface area contributed by atoms with Gasteiger partial charge in [0.15, 0.2) is 0 Å². The molecule has 0 saturated heterocycles. The Morgan fingerprint density at radius 2 is 1.38 bits per heavy atom. The van der Waals surface area contributed by atoms with Gasteiger partial charge in [-0.15, -0.1) is 0 Å². The molecule has 0 aromatic rings. The third kappa shape index (κ3) is 16.4. The van der Waals surface area contributed by atoms with Crippen LogP contribution < -0.4 is 0 Å². The summed E-state index contributed by atoms with van der Waals surface area (Å²) in [5, 5.41) is 16.8. The Bertz CT molecular complexity index is 376. The van der Waals surface area contributed by atoms with Crippen LogP contribution in [-0.2, 0) is 4.79 Å². The minimum Gasteiger partial charge on any atom is -0.481 e. The molecule has 0 rings (SSSR count). The van der Waals surface area contributed by atoms with Gasteiger partial charge in [-0.2, -0.15) is 0 Å². The van der Waals surface area contributed by atoms with Gasteiger partial charge in [-0.3, -0.25) is 4.79 Å². The van der Waals surface area contributed by atoms with Crippen LogP contribution in [-0.4, -0.2) is 33.9 Å². The highest BCUT2D eigenvalue weighted by molar-refractivity contribution is 5.66. The second kappa shape index (κ2) is 11.1. The van der Waals surface area contributed by atoms with Crippen LogP contribution >= 0.6 is 0 Å². The summed E-state index contributed by atoms with van der Waals surface area (Å²) in [5.74, 6) is -0.786. The Labute approximate surface area is 128 Å². The predicted molar refractivity (Wildman–Crippen MR) is 83.8 cm³/mol. The largest absolute Gasteiger partial charge is 0.481 e. The lowest BCUT2D eigenvalue weighted by Crippen LogP contribution is -2.13. The van der Waals surface area contributed by atoms with Gasteiger partial charge >= 0.3 is 5.97 Å². The molecule has 0 bridgehead atoms. The van der Waals surface area contributed by atoms with Gasteiger partial charge in [0.05, 0.1) is 0 Å². The van der Waals surface area contributed by atoms with E-state index in [1.54, 1.807) is 0 Å². The average Bonchev–Trinajstić information content (AvgIpc) is 2.39. The van der Waals surface area contributed by atoms with Crippen molar-refractivity contribution < 1.29 is 15.0 Å². The van der Waals surface area contributed by atoms with Crippen molar-refractivity contribution in [3.8, 4) is 0 Å². The van der Waals surface area contributed by atoms with Crippen LogP contribution in [0.5, 0.6) is 0 Å². The van der Waals surface area contributed by atoms with Crippen molar-refractivity contribution >= 4 is 5.97 Å². The zero-order valence-electron chi connectivity index (χ0n) is 13.6. The number of carboxylic acids is 1. The van der Waals surface area contributed by atoms with E-state index in [0.29, 0.717) is 12.8 Å². The van der Waals surface area contributed by atoms with E-state index in [0.717, 1.165) is 19.3 Å². The quantitative estimate of drug-likeness (QED) is 0.529. The van der Waals surface area contributed by atoms with Gasteiger partial charge in [-0.25, -0.2) is 13.1 Å². The summed E-state index contributed by atoms with van der Waals surface area (Å²) in [4.78, 5) is 16.9. The first kappa shape index (κ1) is 21.7. The van der Waals surface area contributed by atoms with Crippen LogP contribution in [0.2, 0.25) is 0 Å². The number of carbonyl (C=O) groups is 1. The lowest BCUT2D eigenvalue weighted by Gasteiger charge is -2.09. The number of hydrogen-bond acceptors (Lipinski definition) is 2. The number of carboxylic acid groups (broad SMARTS) is 1. The molecule has 0 aliphatic carbocycles. The molecule has 5 heteroatoms. The predicted octanol–water partition coefficient (Wildman–Crippen LogP) is 3.79. The average molecular weight is 296 g/mol. The Kier molecular flexibility index (Phi) is 11.5. The highest BCUT2D eigenvalue weighted by Crippen LogP contribution is 2.17. The standard InChI is InChI=1S/C8H13NO2.C8H15NO/c1-8(2,9-3)6-4-5-7(10)11;1-8(2,9-3)6-4-5-7-10/h4-6H2,1-2H3,(H,10,11);10H,4-7H2,1-2H3. The Morgan fingerprint density at radius 1 is 0.952 bits per heavy atom. The number of unbranched alkanes of at least 4 members (excludes halogenated alkanes) is 1. The Morgan fingerprint density at radius 3 is 1.71 bits per heavy atom. The van der Waals surface area contributed by atoms with Crippen molar-refractivity contribution in [1.29, 1.82) is 0 Å². The number of aliphatic hydroxyl groups excluding tert-OH is 1. The van der Waals surface area contributed by atoms with Gasteiger partial charge in [0, 0.05) is 53.6 Å². The molecule has 0 spiro atoms. The molecule has 0 amide bonds. The van der Waals surface area contributed by atoms with Crippen LogP contribution in [0.15, 0.2) is 0 Å². The summed E-state index contributed by atoms with van der Waals surface area (Å²) in [6.07, 6.45) is 4.06. The summed E-state index contributed by atoms with van der Waals surface area (Å²) in [7, 11) is 0. The topological polar surface area (TPSA) is 66.2 Å². The molecule has 0 unspecified atom stereocenters. The molecule has 0 heterocycles.